The number of aryl methyl sites for hydroxylation is 1. The van der Waals surface area contributed by atoms with Crippen molar-refractivity contribution in [1.29, 1.82) is 0 Å². The first kappa shape index (κ1) is 14.1. The molecule has 2 aromatic rings. The van der Waals surface area contributed by atoms with E-state index in [1.807, 2.05) is 13.1 Å². The Kier molecular flexibility index (Phi) is 4.20. The largest absolute Gasteiger partial charge is 0.492 e. The molecule has 2 heterocycles. The second-order valence-corrected chi connectivity index (χ2v) is 5.45. The lowest BCUT2D eigenvalue weighted by atomic mass is 10.2. The molecule has 3 rings (SSSR count). The summed E-state index contributed by atoms with van der Waals surface area (Å²) >= 11 is 0. The lowest BCUT2D eigenvalue weighted by molar-refractivity contribution is 0.193. The summed E-state index contributed by atoms with van der Waals surface area (Å²) < 4.78 is 18.5. The van der Waals surface area contributed by atoms with Gasteiger partial charge < -0.3 is 9.72 Å². The van der Waals surface area contributed by atoms with Gasteiger partial charge >= 0.3 is 0 Å². The van der Waals surface area contributed by atoms with Crippen molar-refractivity contribution in [3.63, 3.8) is 0 Å². The van der Waals surface area contributed by atoms with Crippen LogP contribution in [0.1, 0.15) is 30.4 Å². The van der Waals surface area contributed by atoms with E-state index in [1.165, 1.54) is 18.6 Å². The number of halogens is 1. The molecule has 1 unspecified atom stereocenters. The summed E-state index contributed by atoms with van der Waals surface area (Å²) in [5.41, 5.74) is 1.10. The highest BCUT2D eigenvalue weighted by Crippen LogP contribution is 2.29. The van der Waals surface area contributed by atoms with Gasteiger partial charge in [-0.2, -0.15) is 0 Å². The summed E-state index contributed by atoms with van der Waals surface area (Å²) in [6, 6.07) is 6.51. The van der Waals surface area contributed by atoms with Crippen molar-refractivity contribution in [2.24, 2.45) is 0 Å². The number of likely N-dealkylation sites (tertiary alicyclic amines) is 1. The number of hydrogen-bond acceptors (Lipinski definition) is 3. The van der Waals surface area contributed by atoms with Gasteiger partial charge in [0.2, 0.25) is 0 Å². The Hall–Kier alpha value is -1.88. The van der Waals surface area contributed by atoms with E-state index in [-0.39, 0.29) is 5.82 Å². The SMILES string of the molecule is Cc1cnc(C2CCCN2CCOc2ccc(F)cc2)[nH]1. The molecule has 1 aliphatic heterocycles. The molecule has 1 atom stereocenters. The average molecular weight is 289 g/mol. The van der Waals surface area contributed by atoms with Crippen LogP contribution in [0.15, 0.2) is 30.5 Å². The Bertz CT molecular complexity index is 581. The quantitative estimate of drug-likeness (QED) is 0.919. The zero-order valence-corrected chi connectivity index (χ0v) is 12.2. The van der Waals surface area contributed by atoms with Gasteiger partial charge in [-0.05, 0) is 50.6 Å². The molecule has 0 amide bonds. The molecule has 4 nitrogen and oxygen atoms in total. The van der Waals surface area contributed by atoms with Gasteiger partial charge in [0.25, 0.3) is 0 Å². The normalized spacial score (nSPS) is 19.0. The molecular weight excluding hydrogens is 269 g/mol. The number of hydrogen-bond donors (Lipinski definition) is 1. The van der Waals surface area contributed by atoms with Crippen LogP contribution in [0.5, 0.6) is 5.75 Å². The first-order valence-electron chi connectivity index (χ1n) is 7.36. The molecule has 1 fully saturated rings. The van der Waals surface area contributed by atoms with Crippen LogP contribution in [0.2, 0.25) is 0 Å². The van der Waals surface area contributed by atoms with E-state index in [2.05, 4.69) is 14.9 Å². The molecule has 21 heavy (non-hydrogen) atoms. The molecule has 1 N–H and O–H groups in total. The maximum atomic E-state index is 12.8. The highest BCUT2D eigenvalue weighted by atomic mass is 19.1. The monoisotopic (exact) mass is 289 g/mol. The fourth-order valence-corrected chi connectivity index (χ4v) is 2.82. The fourth-order valence-electron chi connectivity index (χ4n) is 2.82. The Morgan fingerprint density at radius 2 is 2.19 bits per heavy atom. The molecule has 1 aromatic heterocycles. The van der Waals surface area contributed by atoms with Crippen molar-refractivity contribution < 1.29 is 9.13 Å². The number of nitrogens with one attached hydrogen (secondary N) is 1. The van der Waals surface area contributed by atoms with Crippen LogP contribution in [-0.2, 0) is 0 Å². The number of benzene rings is 1. The van der Waals surface area contributed by atoms with Crippen LogP contribution in [0.4, 0.5) is 4.39 Å². The van der Waals surface area contributed by atoms with Crippen LogP contribution in [0.3, 0.4) is 0 Å². The van der Waals surface area contributed by atoms with Crippen LogP contribution >= 0.6 is 0 Å². The number of aromatic nitrogens is 2. The molecule has 1 saturated heterocycles. The summed E-state index contributed by atoms with van der Waals surface area (Å²) in [4.78, 5) is 10.2. The topological polar surface area (TPSA) is 41.2 Å². The van der Waals surface area contributed by atoms with Crippen LogP contribution < -0.4 is 4.74 Å². The zero-order valence-electron chi connectivity index (χ0n) is 12.2. The fraction of sp³-hybridized carbons (Fsp3) is 0.438. The van der Waals surface area contributed by atoms with Gasteiger partial charge in [0, 0.05) is 18.4 Å². The summed E-state index contributed by atoms with van der Waals surface area (Å²) in [6.07, 6.45) is 4.19. The Balaban J connectivity index is 1.53. The van der Waals surface area contributed by atoms with E-state index in [9.17, 15) is 4.39 Å². The Morgan fingerprint density at radius 1 is 1.38 bits per heavy atom. The smallest absolute Gasteiger partial charge is 0.123 e. The number of H-pyrrole nitrogens is 1. The Morgan fingerprint density at radius 3 is 2.90 bits per heavy atom. The second kappa shape index (κ2) is 6.26. The van der Waals surface area contributed by atoms with E-state index in [0.717, 1.165) is 31.0 Å². The number of rotatable bonds is 5. The highest BCUT2D eigenvalue weighted by molar-refractivity contribution is 5.22. The van der Waals surface area contributed by atoms with Crippen molar-refractivity contribution in [2.45, 2.75) is 25.8 Å². The molecule has 112 valence electrons. The number of aromatic amines is 1. The van der Waals surface area contributed by atoms with E-state index < -0.39 is 0 Å². The minimum absolute atomic E-state index is 0.241. The van der Waals surface area contributed by atoms with Gasteiger partial charge in [-0.1, -0.05) is 0 Å². The number of nitrogens with zero attached hydrogens (tertiary/aromatic N) is 2. The first-order chi connectivity index (χ1) is 10.2. The second-order valence-electron chi connectivity index (χ2n) is 5.45. The van der Waals surface area contributed by atoms with Crippen molar-refractivity contribution in [3.05, 3.63) is 47.8 Å². The van der Waals surface area contributed by atoms with E-state index in [1.54, 1.807) is 12.1 Å². The Labute approximate surface area is 124 Å². The van der Waals surface area contributed by atoms with Gasteiger partial charge in [0.1, 0.15) is 24.0 Å². The highest BCUT2D eigenvalue weighted by Gasteiger charge is 2.27. The summed E-state index contributed by atoms with van der Waals surface area (Å²) in [5, 5.41) is 0. The van der Waals surface area contributed by atoms with Gasteiger partial charge in [0.15, 0.2) is 0 Å². The minimum Gasteiger partial charge on any atom is -0.492 e. The van der Waals surface area contributed by atoms with Gasteiger partial charge in [0.05, 0.1) is 6.04 Å². The third-order valence-electron chi connectivity index (χ3n) is 3.86. The van der Waals surface area contributed by atoms with Crippen molar-refractivity contribution in [3.8, 4) is 5.75 Å². The lowest BCUT2D eigenvalue weighted by Gasteiger charge is -2.22. The molecular formula is C16H20FN3O. The maximum Gasteiger partial charge on any atom is 0.123 e. The summed E-state index contributed by atoms with van der Waals surface area (Å²) in [7, 11) is 0. The molecule has 0 spiro atoms. The van der Waals surface area contributed by atoms with Gasteiger partial charge in [-0.3, -0.25) is 4.90 Å². The van der Waals surface area contributed by atoms with Crippen molar-refractivity contribution in [2.75, 3.05) is 19.7 Å². The van der Waals surface area contributed by atoms with E-state index in [0.29, 0.717) is 18.4 Å². The molecule has 1 aromatic carbocycles. The molecule has 5 heteroatoms. The number of imidazole rings is 1. The third-order valence-corrected chi connectivity index (χ3v) is 3.86. The van der Waals surface area contributed by atoms with Crippen LogP contribution in [-0.4, -0.2) is 34.6 Å². The molecule has 0 bridgehead atoms. The lowest BCUT2D eigenvalue weighted by Crippen LogP contribution is -2.28. The van der Waals surface area contributed by atoms with E-state index in [4.69, 9.17) is 4.74 Å². The average Bonchev–Trinajstić information content (AvgIpc) is 3.10. The van der Waals surface area contributed by atoms with E-state index >= 15 is 0 Å². The van der Waals surface area contributed by atoms with Gasteiger partial charge in [-0.15, -0.1) is 0 Å². The molecule has 0 saturated carbocycles. The van der Waals surface area contributed by atoms with Crippen LogP contribution in [0, 0.1) is 12.7 Å². The van der Waals surface area contributed by atoms with Crippen LogP contribution in [0.25, 0.3) is 0 Å². The van der Waals surface area contributed by atoms with Crippen molar-refractivity contribution >= 4 is 0 Å². The van der Waals surface area contributed by atoms with Crippen molar-refractivity contribution in [1.82, 2.24) is 14.9 Å². The summed E-state index contributed by atoms with van der Waals surface area (Å²) in [5.74, 6) is 1.52. The molecule has 1 aliphatic rings. The number of ether oxygens (including phenoxy) is 1. The predicted octanol–water partition coefficient (Wildman–Crippen LogP) is 3.07. The molecule has 0 radical (unpaired) electrons. The first-order valence-corrected chi connectivity index (χ1v) is 7.36. The zero-order chi connectivity index (χ0) is 14.7. The predicted molar refractivity (Wildman–Crippen MR) is 78.8 cm³/mol. The third kappa shape index (κ3) is 3.42. The summed E-state index contributed by atoms with van der Waals surface area (Å²) in [6.45, 7) is 4.54. The standard InChI is InChI=1S/C16H20FN3O/c1-12-11-18-16(19-12)15-3-2-8-20(15)9-10-21-14-6-4-13(17)5-7-14/h4-7,11,15H,2-3,8-10H2,1H3,(H,18,19). The minimum atomic E-state index is -0.241. The molecule has 0 aliphatic carbocycles. The van der Waals surface area contributed by atoms with Gasteiger partial charge in [-0.25, -0.2) is 9.37 Å². The maximum absolute atomic E-state index is 12.8.